The van der Waals surface area contributed by atoms with Crippen molar-refractivity contribution in [2.75, 3.05) is 6.54 Å². The average Bonchev–Trinajstić information content (AvgIpc) is 3.72. The number of hydrogen-bond donors (Lipinski definition) is 7. The minimum Gasteiger partial charge on any atom is -0.445 e. The zero-order valence-electron chi connectivity index (χ0n) is 24.1. The van der Waals surface area contributed by atoms with Gasteiger partial charge in [-0.2, -0.15) is 0 Å². The minimum absolute atomic E-state index is 0.0199. The molecule has 0 spiro atoms. The average molecular weight is 576 g/mol. The second kappa shape index (κ2) is 17.1. The van der Waals surface area contributed by atoms with Crippen LogP contribution in [0.3, 0.4) is 0 Å². The third kappa shape index (κ3) is 13.8. The minimum atomic E-state index is -1.09. The number of hydrogen-bond acceptors (Lipinski definition) is 7. The predicted octanol–water partition coefficient (Wildman–Crippen LogP) is 0.400. The van der Waals surface area contributed by atoms with Crippen LogP contribution in [0.1, 0.15) is 64.9 Å². The highest BCUT2D eigenvalue weighted by Gasteiger charge is 2.30. The van der Waals surface area contributed by atoms with Crippen molar-refractivity contribution < 1.29 is 29.0 Å². The van der Waals surface area contributed by atoms with Crippen LogP contribution in [0.4, 0.5) is 4.79 Å². The molecule has 4 amide bonds. The Balaban J connectivity index is 1.97. The summed E-state index contributed by atoms with van der Waals surface area (Å²) in [5, 5.41) is 21.5. The fourth-order valence-corrected chi connectivity index (χ4v) is 4.03. The summed E-state index contributed by atoms with van der Waals surface area (Å²) in [6, 6.07) is 6.54. The highest BCUT2D eigenvalue weighted by atomic mass is 16.5. The van der Waals surface area contributed by atoms with Gasteiger partial charge in [-0.15, -0.1) is 0 Å². The highest BCUT2D eigenvalue weighted by Crippen LogP contribution is 2.19. The van der Waals surface area contributed by atoms with Gasteiger partial charge in [0.2, 0.25) is 17.7 Å². The maximum absolute atomic E-state index is 13.1. The predicted molar refractivity (Wildman–Crippen MR) is 154 cm³/mol. The van der Waals surface area contributed by atoms with Crippen LogP contribution in [0.15, 0.2) is 35.3 Å². The monoisotopic (exact) mass is 575 g/mol. The zero-order valence-corrected chi connectivity index (χ0v) is 24.1. The van der Waals surface area contributed by atoms with Crippen molar-refractivity contribution in [3.63, 3.8) is 0 Å². The number of aliphatic imine (C=N–C) groups is 1. The molecule has 0 radical (unpaired) electrons. The number of nitrogens with one attached hydrogen (secondary N) is 4. The lowest BCUT2D eigenvalue weighted by Gasteiger charge is -2.27. The molecule has 13 nitrogen and oxygen atoms in total. The van der Waals surface area contributed by atoms with Crippen molar-refractivity contribution in [2.24, 2.45) is 22.4 Å². The van der Waals surface area contributed by atoms with Gasteiger partial charge in [0.1, 0.15) is 18.7 Å². The number of amides is 4. The summed E-state index contributed by atoms with van der Waals surface area (Å²) in [6.07, 6.45) is 0.836. The van der Waals surface area contributed by atoms with Crippen molar-refractivity contribution in [1.82, 2.24) is 21.3 Å². The summed E-state index contributed by atoms with van der Waals surface area (Å²) in [5.41, 5.74) is 11.5. The van der Waals surface area contributed by atoms with Gasteiger partial charge in [0.05, 0.1) is 18.6 Å². The Labute approximate surface area is 241 Å². The van der Waals surface area contributed by atoms with E-state index in [1.807, 2.05) is 32.0 Å². The summed E-state index contributed by atoms with van der Waals surface area (Å²) >= 11 is 0. The molecule has 2 rings (SSSR count). The van der Waals surface area contributed by atoms with Crippen LogP contribution in [-0.2, 0) is 25.7 Å². The quantitative estimate of drug-likeness (QED) is 0.0783. The van der Waals surface area contributed by atoms with Gasteiger partial charge in [0.25, 0.3) is 0 Å². The SMILES string of the molecule is CC(C)C[C@H](NC(=O)[C@H](C)NC(=O)[C@H](CCCN=C(N)N)NC(=O)OCc1ccccc1)[C@@H](O)CC(=O)NC1CC1. The van der Waals surface area contributed by atoms with Gasteiger partial charge in [-0.3, -0.25) is 19.4 Å². The van der Waals surface area contributed by atoms with Gasteiger partial charge < -0.3 is 42.6 Å². The van der Waals surface area contributed by atoms with Crippen molar-refractivity contribution in [3.05, 3.63) is 35.9 Å². The van der Waals surface area contributed by atoms with E-state index < -0.39 is 42.1 Å². The number of carbonyl (C=O) groups is 4. The Kier molecular flexibility index (Phi) is 13.9. The number of rotatable bonds is 17. The molecule has 9 N–H and O–H groups in total. The number of aliphatic hydroxyl groups is 1. The van der Waals surface area contributed by atoms with E-state index in [-0.39, 0.29) is 49.8 Å². The highest BCUT2D eigenvalue weighted by molar-refractivity contribution is 5.91. The van der Waals surface area contributed by atoms with E-state index in [2.05, 4.69) is 26.3 Å². The summed E-state index contributed by atoms with van der Waals surface area (Å²) in [6.45, 7) is 5.64. The van der Waals surface area contributed by atoms with Crippen LogP contribution in [0.25, 0.3) is 0 Å². The molecule has 0 bridgehead atoms. The smallest absolute Gasteiger partial charge is 0.408 e. The first-order valence-corrected chi connectivity index (χ1v) is 14.0. The molecule has 1 aliphatic carbocycles. The van der Waals surface area contributed by atoms with E-state index in [1.165, 1.54) is 6.92 Å². The number of benzene rings is 1. The first-order valence-electron chi connectivity index (χ1n) is 14.0. The molecule has 228 valence electrons. The van der Waals surface area contributed by atoms with Crippen LogP contribution in [0.5, 0.6) is 0 Å². The van der Waals surface area contributed by atoms with E-state index in [9.17, 15) is 24.3 Å². The summed E-state index contributed by atoms with van der Waals surface area (Å²) in [7, 11) is 0. The van der Waals surface area contributed by atoms with Crippen LogP contribution >= 0.6 is 0 Å². The maximum atomic E-state index is 13.1. The van der Waals surface area contributed by atoms with Gasteiger partial charge in [0.15, 0.2) is 5.96 Å². The summed E-state index contributed by atoms with van der Waals surface area (Å²) < 4.78 is 5.24. The molecule has 0 heterocycles. The summed E-state index contributed by atoms with van der Waals surface area (Å²) in [5.74, 6) is -1.35. The molecule has 1 saturated carbocycles. The Morgan fingerprint density at radius 2 is 1.71 bits per heavy atom. The van der Waals surface area contributed by atoms with Crippen molar-refractivity contribution in [2.45, 2.75) is 96.2 Å². The lowest BCUT2D eigenvalue weighted by atomic mass is 9.96. The second-order valence-electron chi connectivity index (χ2n) is 10.8. The van der Waals surface area contributed by atoms with Crippen LogP contribution in [0, 0.1) is 5.92 Å². The van der Waals surface area contributed by atoms with E-state index in [4.69, 9.17) is 16.2 Å². The van der Waals surface area contributed by atoms with E-state index >= 15 is 0 Å². The van der Waals surface area contributed by atoms with E-state index in [1.54, 1.807) is 12.1 Å². The second-order valence-corrected chi connectivity index (χ2v) is 10.8. The van der Waals surface area contributed by atoms with Gasteiger partial charge in [-0.1, -0.05) is 44.2 Å². The van der Waals surface area contributed by atoms with Crippen LogP contribution in [-0.4, -0.2) is 71.7 Å². The molecule has 1 aliphatic rings. The Bertz CT molecular complexity index is 1030. The van der Waals surface area contributed by atoms with Crippen molar-refractivity contribution in [3.8, 4) is 0 Å². The molecular weight excluding hydrogens is 530 g/mol. The standard InChI is InChI=1S/C28H45N7O6/c1-17(2)14-22(23(36)15-24(37)33-20-11-12-20)34-25(38)18(3)32-26(39)21(10-7-13-31-27(29)30)35-28(40)41-16-19-8-5-4-6-9-19/h4-6,8-9,17-18,20-23,36H,7,10-16H2,1-3H3,(H,32,39)(H,33,37)(H,34,38)(H,35,40)(H4,29,30,31)/t18-,21-,22-,23-/m0/s1. The van der Waals surface area contributed by atoms with Crippen molar-refractivity contribution >= 4 is 29.8 Å². The molecule has 1 aromatic rings. The molecule has 1 aromatic carbocycles. The summed E-state index contributed by atoms with van der Waals surface area (Å²) in [4.78, 5) is 54.6. The maximum Gasteiger partial charge on any atom is 0.408 e. The first kappa shape index (κ1) is 33.3. The molecule has 0 aromatic heterocycles. The molecule has 4 atom stereocenters. The Morgan fingerprint density at radius 1 is 1.02 bits per heavy atom. The topological polar surface area (TPSA) is 210 Å². The lowest BCUT2D eigenvalue weighted by Crippen LogP contribution is -2.55. The lowest BCUT2D eigenvalue weighted by molar-refractivity contribution is -0.131. The molecular formula is C28H45N7O6. The molecule has 41 heavy (non-hydrogen) atoms. The largest absolute Gasteiger partial charge is 0.445 e. The van der Waals surface area contributed by atoms with Crippen LogP contribution in [0.2, 0.25) is 0 Å². The third-order valence-corrected chi connectivity index (χ3v) is 6.37. The van der Waals surface area contributed by atoms with Gasteiger partial charge in [-0.25, -0.2) is 4.79 Å². The molecule has 0 unspecified atom stereocenters. The zero-order chi connectivity index (χ0) is 30.4. The molecule has 13 heteroatoms. The fraction of sp³-hybridized carbons (Fsp3) is 0.607. The molecule has 1 fully saturated rings. The van der Waals surface area contributed by atoms with E-state index in [0.717, 1.165) is 18.4 Å². The van der Waals surface area contributed by atoms with Gasteiger partial charge in [-0.05, 0) is 50.5 Å². The number of alkyl carbamates (subject to hydrolysis) is 1. The first-order chi connectivity index (χ1) is 19.4. The number of carbonyl (C=O) groups excluding carboxylic acids is 4. The fourth-order valence-electron chi connectivity index (χ4n) is 4.03. The van der Waals surface area contributed by atoms with Gasteiger partial charge in [0, 0.05) is 12.6 Å². The molecule has 0 saturated heterocycles. The number of ether oxygens (including phenoxy) is 1. The molecule has 0 aliphatic heterocycles. The number of guanidine groups is 1. The number of nitrogens with zero attached hydrogens (tertiary/aromatic N) is 1. The van der Waals surface area contributed by atoms with E-state index in [0.29, 0.717) is 12.8 Å². The van der Waals surface area contributed by atoms with Crippen LogP contribution < -0.4 is 32.7 Å². The van der Waals surface area contributed by atoms with Gasteiger partial charge >= 0.3 is 6.09 Å². The number of nitrogens with two attached hydrogens (primary N) is 2. The normalized spacial score (nSPS) is 15.5. The number of aliphatic hydroxyl groups excluding tert-OH is 1. The van der Waals surface area contributed by atoms with Crippen molar-refractivity contribution in [1.29, 1.82) is 0 Å². The third-order valence-electron chi connectivity index (χ3n) is 6.37. The Hall–Kier alpha value is -3.87. The Morgan fingerprint density at radius 3 is 2.32 bits per heavy atom.